The van der Waals surface area contributed by atoms with Gasteiger partial charge in [-0.25, -0.2) is 0 Å². The van der Waals surface area contributed by atoms with Crippen LogP contribution in [0.5, 0.6) is 0 Å². The van der Waals surface area contributed by atoms with Crippen LogP contribution >= 0.6 is 11.3 Å². The molecule has 0 radical (unpaired) electrons. The van der Waals surface area contributed by atoms with Crippen LogP contribution in [0.2, 0.25) is 0 Å². The molecule has 1 nitrogen and oxygen atoms in total. The second-order valence-electron chi connectivity index (χ2n) is 13.6. The fourth-order valence-corrected chi connectivity index (χ4v) is 10.1. The lowest BCUT2D eigenvalue weighted by Gasteiger charge is -2.32. The van der Waals surface area contributed by atoms with Gasteiger partial charge in [-0.15, -0.1) is 11.3 Å². The fraction of sp³-hybridized carbons (Fsp3) is 0.0204. The molecule has 0 saturated carbocycles. The van der Waals surface area contributed by atoms with E-state index in [1.807, 2.05) is 11.3 Å². The minimum Gasteiger partial charge on any atom is -0.310 e. The Balaban J connectivity index is 1.20. The molecule has 1 aromatic heterocycles. The highest BCUT2D eigenvalue weighted by Crippen LogP contribution is 2.64. The third kappa shape index (κ3) is 3.97. The SMILES string of the molecule is c1ccc(-c2ccc(N(c3ccc4sc5ccccc5c4c3)c3cccc4c3-c3ccccc3C43c4ccccc4-c4ccccc43)cc2)cc1. The molecule has 9 aromatic rings. The Morgan fingerprint density at radius 2 is 0.922 bits per heavy atom. The number of rotatable bonds is 4. The third-order valence-corrected chi connectivity index (χ3v) is 12.2. The van der Waals surface area contributed by atoms with Crippen LogP contribution in [0.15, 0.2) is 188 Å². The number of benzene rings is 8. The maximum atomic E-state index is 2.49. The lowest BCUT2D eigenvalue weighted by Crippen LogP contribution is -2.26. The van der Waals surface area contributed by atoms with Crippen LogP contribution < -0.4 is 4.90 Å². The summed E-state index contributed by atoms with van der Waals surface area (Å²) < 4.78 is 2.62. The summed E-state index contributed by atoms with van der Waals surface area (Å²) >= 11 is 1.87. The zero-order valence-electron chi connectivity index (χ0n) is 27.8. The zero-order valence-corrected chi connectivity index (χ0v) is 28.6. The van der Waals surface area contributed by atoms with Gasteiger partial charge < -0.3 is 4.90 Å². The standard InChI is InChI=1S/C49H31NS/c1-2-13-32(14-3-1)33-25-27-34(28-26-33)50(35-29-30-47-40(31-35)38-17-7-11-24-46(38)51-47)45-23-12-22-44-48(45)39-18-6-10-21-43(39)49(44)41-19-8-4-15-36(41)37-16-5-9-20-42(37)49/h1-31H. The molecule has 0 amide bonds. The highest BCUT2D eigenvalue weighted by molar-refractivity contribution is 7.25. The predicted molar refractivity (Wildman–Crippen MR) is 216 cm³/mol. The van der Waals surface area contributed by atoms with Crippen molar-refractivity contribution in [2.24, 2.45) is 0 Å². The summed E-state index contributed by atoms with van der Waals surface area (Å²) in [6.07, 6.45) is 0. The van der Waals surface area contributed by atoms with E-state index in [-0.39, 0.29) is 0 Å². The smallest absolute Gasteiger partial charge is 0.0726 e. The van der Waals surface area contributed by atoms with Gasteiger partial charge in [0.25, 0.3) is 0 Å². The first-order chi connectivity index (χ1) is 25.3. The summed E-state index contributed by atoms with van der Waals surface area (Å²) in [5.41, 5.74) is 16.1. The predicted octanol–water partition coefficient (Wildman–Crippen LogP) is 13.5. The molecular weight excluding hydrogens is 635 g/mol. The number of thiophene rings is 1. The van der Waals surface area contributed by atoms with E-state index in [4.69, 9.17) is 0 Å². The minimum absolute atomic E-state index is 0.397. The van der Waals surface area contributed by atoms with Crippen molar-refractivity contribution in [2.75, 3.05) is 4.90 Å². The molecule has 2 heteroatoms. The van der Waals surface area contributed by atoms with Crippen LogP contribution in [0.1, 0.15) is 22.3 Å². The summed E-state index contributed by atoms with van der Waals surface area (Å²) in [5, 5.41) is 2.60. The van der Waals surface area contributed by atoms with E-state index in [9.17, 15) is 0 Å². The second-order valence-corrected chi connectivity index (χ2v) is 14.7. The lowest BCUT2D eigenvalue weighted by molar-refractivity contribution is 0.794. The van der Waals surface area contributed by atoms with E-state index in [2.05, 4.69) is 193 Å². The van der Waals surface area contributed by atoms with Crippen molar-refractivity contribution in [1.29, 1.82) is 0 Å². The monoisotopic (exact) mass is 665 g/mol. The van der Waals surface area contributed by atoms with Gasteiger partial charge in [0.15, 0.2) is 0 Å². The van der Waals surface area contributed by atoms with E-state index in [1.165, 1.54) is 81.5 Å². The average molecular weight is 666 g/mol. The second kappa shape index (κ2) is 10.9. The van der Waals surface area contributed by atoms with Gasteiger partial charge in [0.1, 0.15) is 0 Å². The number of nitrogens with zero attached hydrogens (tertiary/aromatic N) is 1. The molecule has 11 rings (SSSR count). The van der Waals surface area contributed by atoms with E-state index >= 15 is 0 Å². The van der Waals surface area contributed by atoms with Crippen molar-refractivity contribution in [2.45, 2.75) is 5.41 Å². The summed E-state index contributed by atoms with van der Waals surface area (Å²) in [6, 6.07) is 69.7. The Bertz CT molecular complexity index is 2760. The lowest BCUT2D eigenvalue weighted by atomic mass is 9.70. The van der Waals surface area contributed by atoms with Gasteiger partial charge in [0.2, 0.25) is 0 Å². The van der Waals surface area contributed by atoms with Gasteiger partial charge in [-0.2, -0.15) is 0 Å². The Hall–Kier alpha value is -6.22. The Labute approximate surface area is 301 Å². The van der Waals surface area contributed by atoms with Gasteiger partial charge in [-0.05, 0) is 92.5 Å². The number of hydrogen-bond donors (Lipinski definition) is 0. The first-order valence-electron chi connectivity index (χ1n) is 17.6. The van der Waals surface area contributed by atoms with Gasteiger partial charge in [-0.1, -0.05) is 146 Å². The number of fused-ring (bicyclic) bond motifs is 13. The van der Waals surface area contributed by atoms with Crippen molar-refractivity contribution in [3.05, 3.63) is 210 Å². The van der Waals surface area contributed by atoms with Gasteiger partial charge in [0.05, 0.1) is 11.1 Å². The largest absolute Gasteiger partial charge is 0.310 e. The first kappa shape index (κ1) is 28.6. The molecule has 2 aliphatic carbocycles. The molecule has 2 aliphatic rings. The molecule has 238 valence electrons. The number of anilines is 3. The van der Waals surface area contributed by atoms with Crippen molar-refractivity contribution < 1.29 is 0 Å². The van der Waals surface area contributed by atoms with Crippen LogP contribution in [0.25, 0.3) is 53.6 Å². The van der Waals surface area contributed by atoms with Crippen LogP contribution in [0.4, 0.5) is 17.1 Å². The van der Waals surface area contributed by atoms with E-state index in [0.29, 0.717) is 0 Å². The highest BCUT2D eigenvalue weighted by atomic mass is 32.1. The van der Waals surface area contributed by atoms with Crippen molar-refractivity contribution in [3.8, 4) is 33.4 Å². The van der Waals surface area contributed by atoms with Gasteiger partial charge in [-0.3, -0.25) is 0 Å². The number of hydrogen-bond acceptors (Lipinski definition) is 2. The van der Waals surface area contributed by atoms with E-state index in [1.54, 1.807) is 0 Å². The summed E-state index contributed by atoms with van der Waals surface area (Å²) in [4.78, 5) is 2.49. The molecule has 0 bridgehead atoms. The van der Waals surface area contributed by atoms with Crippen LogP contribution in [0, 0.1) is 0 Å². The Morgan fingerprint density at radius 3 is 1.67 bits per heavy atom. The fourth-order valence-electron chi connectivity index (χ4n) is 9.02. The molecule has 1 spiro atoms. The van der Waals surface area contributed by atoms with Crippen LogP contribution in [-0.2, 0) is 5.41 Å². The average Bonchev–Trinajstić information content (AvgIpc) is 3.83. The summed E-state index contributed by atoms with van der Waals surface area (Å²) in [7, 11) is 0. The van der Waals surface area contributed by atoms with Crippen molar-refractivity contribution >= 4 is 48.6 Å². The molecule has 0 unspecified atom stereocenters. The highest BCUT2D eigenvalue weighted by Gasteiger charge is 2.52. The summed E-state index contributed by atoms with van der Waals surface area (Å²) in [5.74, 6) is 0. The quantitative estimate of drug-likeness (QED) is 0.181. The molecule has 51 heavy (non-hydrogen) atoms. The van der Waals surface area contributed by atoms with Crippen LogP contribution in [0.3, 0.4) is 0 Å². The topological polar surface area (TPSA) is 3.24 Å². The molecule has 0 saturated heterocycles. The normalized spacial score (nSPS) is 13.3. The Morgan fingerprint density at radius 1 is 0.373 bits per heavy atom. The zero-order chi connectivity index (χ0) is 33.5. The summed E-state index contributed by atoms with van der Waals surface area (Å²) in [6.45, 7) is 0. The molecule has 0 N–H and O–H groups in total. The van der Waals surface area contributed by atoms with Gasteiger partial charge >= 0.3 is 0 Å². The Kier molecular flexibility index (Phi) is 6.11. The van der Waals surface area contributed by atoms with E-state index < -0.39 is 5.41 Å². The van der Waals surface area contributed by atoms with Crippen molar-refractivity contribution in [3.63, 3.8) is 0 Å². The molecule has 0 atom stereocenters. The molecule has 8 aromatic carbocycles. The molecular formula is C49H31NS. The van der Waals surface area contributed by atoms with E-state index in [0.717, 1.165) is 11.4 Å². The maximum absolute atomic E-state index is 2.49. The van der Waals surface area contributed by atoms with Gasteiger partial charge in [0, 0.05) is 37.1 Å². The van der Waals surface area contributed by atoms with Crippen LogP contribution in [-0.4, -0.2) is 0 Å². The molecule has 0 fully saturated rings. The minimum atomic E-state index is -0.397. The first-order valence-corrected chi connectivity index (χ1v) is 18.4. The maximum Gasteiger partial charge on any atom is 0.0726 e. The molecule has 1 heterocycles. The third-order valence-electron chi connectivity index (χ3n) is 11.1. The molecule has 0 aliphatic heterocycles. The van der Waals surface area contributed by atoms with Crippen molar-refractivity contribution in [1.82, 2.24) is 0 Å².